The number of ether oxygens (including phenoxy) is 1. The molecule has 0 aromatic heterocycles. The Labute approximate surface area is 110 Å². The summed E-state index contributed by atoms with van der Waals surface area (Å²) in [5, 5.41) is 3.77. The molecular formula is C10H16ClN3O4. The van der Waals surface area contributed by atoms with E-state index in [-0.39, 0.29) is 19.1 Å². The van der Waals surface area contributed by atoms with E-state index in [1.807, 2.05) is 0 Å². The van der Waals surface area contributed by atoms with Gasteiger partial charge in [0.05, 0.1) is 13.2 Å². The van der Waals surface area contributed by atoms with Gasteiger partial charge >= 0.3 is 6.03 Å². The summed E-state index contributed by atoms with van der Waals surface area (Å²) in [6.07, 6.45) is 0. The highest BCUT2D eigenvalue weighted by Gasteiger charge is 2.33. The Balaban J connectivity index is 2.68. The molecule has 0 bridgehead atoms. The summed E-state index contributed by atoms with van der Waals surface area (Å²) in [7, 11) is 1.47. The van der Waals surface area contributed by atoms with Crippen LogP contribution in [-0.2, 0) is 14.3 Å². The second-order valence-electron chi connectivity index (χ2n) is 3.81. The lowest BCUT2D eigenvalue weighted by atomic mass is 10.2. The highest BCUT2D eigenvalue weighted by Crippen LogP contribution is 2.07. The SMILES string of the molecule is CNC(=O)C1COCCN1C(=O)NC(=O)C(C)Cl. The van der Waals surface area contributed by atoms with Crippen molar-refractivity contribution in [3.8, 4) is 0 Å². The number of hydrogen-bond acceptors (Lipinski definition) is 4. The molecule has 0 radical (unpaired) electrons. The van der Waals surface area contributed by atoms with Crippen LogP contribution < -0.4 is 10.6 Å². The number of nitrogens with one attached hydrogen (secondary N) is 2. The molecule has 1 heterocycles. The molecule has 8 heteroatoms. The van der Waals surface area contributed by atoms with E-state index >= 15 is 0 Å². The predicted octanol–water partition coefficient (Wildman–Crippen LogP) is -0.703. The van der Waals surface area contributed by atoms with Crippen molar-refractivity contribution in [1.82, 2.24) is 15.5 Å². The first-order chi connectivity index (χ1) is 8.47. The van der Waals surface area contributed by atoms with Gasteiger partial charge in [-0.3, -0.25) is 14.9 Å². The van der Waals surface area contributed by atoms with Crippen LogP contribution >= 0.6 is 11.6 Å². The molecular weight excluding hydrogens is 262 g/mol. The third-order valence-electron chi connectivity index (χ3n) is 2.53. The van der Waals surface area contributed by atoms with E-state index < -0.39 is 23.4 Å². The van der Waals surface area contributed by atoms with Gasteiger partial charge in [-0.05, 0) is 6.92 Å². The van der Waals surface area contributed by atoms with Gasteiger partial charge in [-0.2, -0.15) is 0 Å². The van der Waals surface area contributed by atoms with Gasteiger partial charge < -0.3 is 15.0 Å². The van der Waals surface area contributed by atoms with Gasteiger partial charge in [0, 0.05) is 13.6 Å². The van der Waals surface area contributed by atoms with Gasteiger partial charge in [0.15, 0.2) is 0 Å². The summed E-state index contributed by atoms with van der Waals surface area (Å²) < 4.78 is 5.14. The highest BCUT2D eigenvalue weighted by atomic mass is 35.5. The maximum absolute atomic E-state index is 11.8. The van der Waals surface area contributed by atoms with Crippen molar-refractivity contribution < 1.29 is 19.1 Å². The van der Waals surface area contributed by atoms with Gasteiger partial charge in [0.25, 0.3) is 0 Å². The van der Waals surface area contributed by atoms with E-state index in [0.29, 0.717) is 6.61 Å². The third kappa shape index (κ3) is 3.58. The number of likely N-dealkylation sites (N-methyl/N-ethyl adjacent to an activating group) is 1. The number of nitrogens with zero attached hydrogens (tertiary/aromatic N) is 1. The lowest BCUT2D eigenvalue weighted by molar-refractivity contribution is -0.130. The number of carbonyl (C=O) groups is 3. The number of urea groups is 1. The largest absolute Gasteiger partial charge is 0.377 e. The van der Waals surface area contributed by atoms with Crippen molar-refractivity contribution in [3.05, 3.63) is 0 Å². The van der Waals surface area contributed by atoms with Crippen LogP contribution in [0.3, 0.4) is 0 Å². The van der Waals surface area contributed by atoms with Gasteiger partial charge in [0.1, 0.15) is 11.4 Å². The summed E-state index contributed by atoms with van der Waals surface area (Å²) in [6.45, 7) is 2.14. The minimum atomic E-state index is -0.812. The zero-order chi connectivity index (χ0) is 13.7. The molecule has 4 amide bonds. The fourth-order valence-electron chi connectivity index (χ4n) is 1.51. The number of hydrogen-bond donors (Lipinski definition) is 2. The van der Waals surface area contributed by atoms with E-state index in [0.717, 1.165) is 0 Å². The second kappa shape index (κ2) is 6.55. The van der Waals surface area contributed by atoms with Crippen LogP contribution in [0.1, 0.15) is 6.92 Å². The van der Waals surface area contributed by atoms with Crippen LogP contribution in [0.4, 0.5) is 4.79 Å². The minimum absolute atomic E-state index is 0.109. The van der Waals surface area contributed by atoms with Crippen LogP contribution in [0, 0.1) is 0 Å². The Morgan fingerprint density at radius 2 is 2.11 bits per heavy atom. The highest BCUT2D eigenvalue weighted by molar-refractivity contribution is 6.31. The van der Waals surface area contributed by atoms with E-state index in [1.54, 1.807) is 0 Å². The molecule has 102 valence electrons. The van der Waals surface area contributed by atoms with Crippen LogP contribution in [0.5, 0.6) is 0 Å². The topological polar surface area (TPSA) is 87.7 Å². The summed E-state index contributed by atoms with van der Waals surface area (Å²) in [5.74, 6) is -0.931. The molecule has 2 unspecified atom stereocenters. The Morgan fingerprint density at radius 1 is 1.44 bits per heavy atom. The quantitative estimate of drug-likeness (QED) is 0.653. The molecule has 0 aromatic rings. The molecule has 0 aliphatic carbocycles. The molecule has 0 spiro atoms. The molecule has 1 fully saturated rings. The monoisotopic (exact) mass is 277 g/mol. The Morgan fingerprint density at radius 3 is 2.67 bits per heavy atom. The van der Waals surface area contributed by atoms with Crippen LogP contribution in [-0.4, -0.2) is 61.0 Å². The zero-order valence-corrected chi connectivity index (χ0v) is 11.0. The van der Waals surface area contributed by atoms with Crippen molar-refractivity contribution >= 4 is 29.4 Å². The van der Waals surface area contributed by atoms with Crippen molar-refractivity contribution in [2.75, 3.05) is 26.8 Å². The average molecular weight is 278 g/mol. The molecule has 0 saturated carbocycles. The van der Waals surface area contributed by atoms with E-state index in [9.17, 15) is 14.4 Å². The van der Waals surface area contributed by atoms with Crippen molar-refractivity contribution in [2.45, 2.75) is 18.3 Å². The average Bonchev–Trinajstić information content (AvgIpc) is 2.37. The molecule has 1 saturated heterocycles. The summed E-state index contributed by atoms with van der Waals surface area (Å²) in [6, 6.07) is -1.37. The molecule has 7 nitrogen and oxygen atoms in total. The van der Waals surface area contributed by atoms with Crippen molar-refractivity contribution in [2.24, 2.45) is 0 Å². The Hall–Kier alpha value is -1.34. The van der Waals surface area contributed by atoms with Crippen LogP contribution in [0.15, 0.2) is 0 Å². The van der Waals surface area contributed by atoms with E-state index in [1.165, 1.54) is 18.9 Å². The predicted molar refractivity (Wildman–Crippen MR) is 64.2 cm³/mol. The maximum Gasteiger partial charge on any atom is 0.324 e. The lowest BCUT2D eigenvalue weighted by Gasteiger charge is -2.34. The first kappa shape index (κ1) is 14.7. The Bertz CT molecular complexity index is 348. The molecule has 18 heavy (non-hydrogen) atoms. The number of carbonyl (C=O) groups excluding carboxylic acids is 3. The van der Waals surface area contributed by atoms with Gasteiger partial charge in [-0.1, -0.05) is 0 Å². The molecule has 0 aromatic carbocycles. The number of amides is 4. The fourth-order valence-corrected chi connectivity index (χ4v) is 1.56. The van der Waals surface area contributed by atoms with E-state index in [2.05, 4.69) is 10.6 Å². The van der Waals surface area contributed by atoms with E-state index in [4.69, 9.17) is 16.3 Å². The number of morpholine rings is 1. The smallest absolute Gasteiger partial charge is 0.324 e. The number of alkyl halides is 1. The zero-order valence-electron chi connectivity index (χ0n) is 10.2. The fraction of sp³-hybridized carbons (Fsp3) is 0.700. The lowest BCUT2D eigenvalue weighted by Crippen LogP contribution is -2.59. The standard InChI is InChI=1S/C10H16ClN3O4/c1-6(11)8(15)13-10(17)14-3-4-18-5-7(14)9(16)12-2/h6-7H,3-5H2,1-2H3,(H,12,16)(H,13,15,17). The number of rotatable bonds is 2. The van der Waals surface area contributed by atoms with Crippen LogP contribution in [0.25, 0.3) is 0 Å². The summed E-state index contributed by atoms with van der Waals surface area (Å²) in [4.78, 5) is 36.0. The minimum Gasteiger partial charge on any atom is -0.377 e. The first-order valence-corrected chi connectivity index (χ1v) is 5.96. The number of imide groups is 1. The first-order valence-electron chi connectivity index (χ1n) is 5.52. The van der Waals surface area contributed by atoms with Gasteiger partial charge in [-0.15, -0.1) is 11.6 Å². The third-order valence-corrected chi connectivity index (χ3v) is 2.73. The second-order valence-corrected chi connectivity index (χ2v) is 4.46. The normalized spacial score (nSPS) is 21.1. The molecule has 1 rings (SSSR count). The maximum atomic E-state index is 11.8. The van der Waals surface area contributed by atoms with Crippen molar-refractivity contribution in [1.29, 1.82) is 0 Å². The van der Waals surface area contributed by atoms with Crippen molar-refractivity contribution in [3.63, 3.8) is 0 Å². The molecule has 1 aliphatic heterocycles. The van der Waals surface area contributed by atoms with Gasteiger partial charge in [0.2, 0.25) is 11.8 Å². The molecule has 2 atom stereocenters. The summed E-state index contributed by atoms with van der Waals surface area (Å²) >= 11 is 5.55. The van der Waals surface area contributed by atoms with Crippen LogP contribution in [0.2, 0.25) is 0 Å². The van der Waals surface area contributed by atoms with Gasteiger partial charge in [-0.25, -0.2) is 4.79 Å². The molecule has 1 aliphatic rings. The number of halogens is 1. The molecule has 2 N–H and O–H groups in total. The summed E-state index contributed by atoms with van der Waals surface area (Å²) in [5.41, 5.74) is 0. The Kier molecular flexibility index (Phi) is 5.36.